The fourth-order valence-electron chi connectivity index (χ4n) is 1.31. The van der Waals surface area contributed by atoms with Crippen molar-refractivity contribution >= 4 is 23.4 Å². The van der Waals surface area contributed by atoms with Gasteiger partial charge in [-0.1, -0.05) is 25.1 Å². The zero-order chi connectivity index (χ0) is 11.9. The standard InChI is InChI=1S/C13H20ClNS/c1-3-13(2,11-14)15-9-10-16-12-7-5-4-6-8-12/h4-8,15H,3,9-11H2,1-2H3. The van der Waals surface area contributed by atoms with Crippen molar-refractivity contribution in [1.29, 1.82) is 0 Å². The third-order valence-corrected chi connectivity index (χ3v) is 4.34. The minimum absolute atomic E-state index is 0.0821. The quantitative estimate of drug-likeness (QED) is 0.453. The lowest BCUT2D eigenvalue weighted by molar-refractivity contribution is 0.393. The van der Waals surface area contributed by atoms with E-state index in [1.54, 1.807) is 0 Å². The lowest BCUT2D eigenvalue weighted by atomic mass is 10.0. The molecule has 0 spiro atoms. The molecular weight excluding hydrogens is 238 g/mol. The molecule has 1 unspecified atom stereocenters. The zero-order valence-corrected chi connectivity index (χ0v) is 11.6. The van der Waals surface area contributed by atoms with E-state index in [1.165, 1.54) is 4.90 Å². The highest BCUT2D eigenvalue weighted by Gasteiger charge is 2.18. The van der Waals surface area contributed by atoms with Gasteiger partial charge in [0.1, 0.15) is 0 Å². The van der Waals surface area contributed by atoms with Gasteiger partial charge >= 0.3 is 0 Å². The Kier molecular flexibility index (Phi) is 6.25. The molecule has 1 aromatic carbocycles. The van der Waals surface area contributed by atoms with Gasteiger partial charge in [0.15, 0.2) is 0 Å². The summed E-state index contributed by atoms with van der Waals surface area (Å²) in [6.07, 6.45) is 1.06. The second-order valence-corrected chi connectivity index (χ2v) is 5.57. The van der Waals surface area contributed by atoms with Gasteiger partial charge in [0.25, 0.3) is 0 Å². The van der Waals surface area contributed by atoms with E-state index in [0.717, 1.165) is 18.7 Å². The summed E-state index contributed by atoms with van der Waals surface area (Å²) in [5, 5.41) is 3.51. The molecule has 0 aliphatic heterocycles. The second-order valence-electron chi connectivity index (χ2n) is 4.14. The predicted octanol–water partition coefficient (Wildman–Crippen LogP) is 3.78. The van der Waals surface area contributed by atoms with Gasteiger partial charge in [-0.25, -0.2) is 0 Å². The van der Waals surface area contributed by atoms with Gasteiger partial charge in [0.05, 0.1) is 0 Å². The Morgan fingerprint density at radius 2 is 2.00 bits per heavy atom. The summed E-state index contributed by atoms with van der Waals surface area (Å²) in [6.45, 7) is 5.34. The highest BCUT2D eigenvalue weighted by Crippen LogP contribution is 2.17. The molecule has 0 fully saturated rings. The molecule has 0 aromatic heterocycles. The van der Waals surface area contributed by atoms with Crippen molar-refractivity contribution in [2.75, 3.05) is 18.2 Å². The van der Waals surface area contributed by atoms with Crippen molar-refractivity contribution in [2.24, 2.45) is 0 Å². The van der Waals surface area contributed by atoms with Gasteiger partial charge in [-0.05, 0) is 25.5 Å². The summed E-state index contributed by atoms with van der Waals surface area (Å²) in [6, 6.07) is 10.5. The molecule has 1 atom stereocenters. The normalized spacial score (nSPS) is 14.7. The Labute approximate surface area is 108 Å². The van der Waals surface area contributed by atoms with Crippen LogP contribution in [0.3, 0.4) is 0 Å². The number of nitrogens with one attached hydrogen (secondary N) is 1. The maximum Gasteiger partial charge on any atom is 0.0403 e. The van der Waals surface area contributed by atoms with E-state index in [0.29, 0.717) is 5.88 Å². The summed E-state index contributed by atoms with van der Waals surface area (Å²) in [5.74, 6) is 1.75. The number of rotatable bonds is 7. The average Bonchev–Trinajstić information content (AvgIpc) is 2.36. The lowest BCUT2D eigenvalue weighted by Crippen LogP contribution is -2.44. The first-order chi connectivity index (χ1) is 7.70. The van der Waals surface area contributed by atoms with Gasteiger partial charge in [-0.2, -0.15) is 0 Å². The first kappa shape index (κ1) is 13.9. The van der Waals surface area contributed by atoms with Crippen molar-refractivity contribution in [3.8, 4) is 0 Å². The monoisotopic (exact) mass is 257 g/mol. The van der Waals surface area contributed by atoms with Crippen LogP contribution >= 0.6 is 23.4 Å². The number of hydrogen-bond donors (Lipinski definition) is 1. The fourth-order valence-corrected chi connectivity index (χ4v) is 2.38. The molecule has 3 heteroatoms. The molecule has 0 bridgehead atoms. The average molecular weight is 258 g/mol. The molecule has 0 saturated carbocycles. The lowest BCUT2D eigenvalue weighted by Gasteiger charge is -2.27. The summed E-state index contributed by atoms with van der Waals surface area (Å²) in [5.41, 5.74) is 0.0821. The fraction of sp³-hybridized carbons (Fsp3) is 0.538. The van der Waals surface area contributed by atoms with Crippen molar-refractivity contribution in [3.63, 3.8) is 0 Å². The Hall–Kier alpha value is -0.180. The Bertz CT molecular complexity index is 285. The van der Waals surface area contributed by atoms with Crippen molar-refractivity contribution < 1.29 is 0 Å². The van der Waals surface area contributed by atoms with Crippen molar-refractivity contribution in [3.05, 3.63) is 30.3 Å². The third-order valence-electron chi connectivity index (χ3n) is 2.74. The Morgan fingerprint density at radius 1 is 1.31 bits per heavy atom. The van der Waals surface area contributed by atoms with Crippen LogP contribution in [0.5, 0.6) is 0 Å². The summed E-state index contributed by atoms with van der Waals surface area (Å²) in [7, 11) is 0. The highest BCUT2D eigenvalue weighted by molar-refractivity contribution is 7.99. The van der Waals surface area contributed by atoms with Crippen LogP contribution in [0, 0.1) is 0 Å². The number of thioether (sulfide) groups is 1. The van der Waals surface area contributed by atoms with E-state index in [9.17, 15) is 0 Å². The number of halogens is 1. The summed E-state index contributed by atoms with van der Waals surface area (Å²) >= 11 is 7.81. The molecule has 0 saturated heterocycles. The van der Waals surface area contributed by atoms with E-state index in [4.69, 9.17) is 11.6 Å². The molecule has 0 heterocycles. The van der Waals surface area contributed by atoms with Crippen LogP contribution in [0.2, 0.25) is 0 Å². The molecule has 1 nitrogen and oxygen atoms in total. The topological polar surface area (TPSA) is 12.0 Å². The second kappa shape index (κ2) is 7.21. The minimum atomic E-state index is 0.0821. The van der Waals surface area contributed by atoms with E-state index >= 15 is 0 Å². The largest absolute Gasteiger partial charge is 0.310 e. The molecule has 1 aromatic rings. The van der Waals surface area contributed by atoms with Crippen molar-refractivity contribution in [1.82, 2.24) is 5.32 Å². The smallest absolute Gasteiger partial charge is 0.0403 e. The van der Waals surface area contributed by atoms with Crippen LogP contribution in [-0.4, -0.2) is 23.7 Å². The highest BCUT2D eigenvalue weighted by atomic mass is 35.5. The van der Waals surface area contributed by atoms with Gasteiger partial charge in [-0.3, -0.25) is 0 Å². The molecule has 1 rings (SSSR count). The number of benzene rings is 1. The number of hydrogen-bond acceptors (Lipinski definition) is 2. The zero-order valence-electron chi connectivity index (χ0n) is 10.0. The third kappa shape index (κ3) is 4.77. The minimum Gasteiger partial charge on any atom is -0.310 e. The van der Waals surface area contributed by atoms with Crippen LogP contribution in [0.15, 0.2) is 35.2 Å². The molecule has 0 aliphatic carbocycles. The van der Waals surface area contributed by atoms with E-state index in [1.807, 2.05) is 17.8 Å². The maximum atomic E-state index is 5.94. The SMILES string of the molecule is CCC(C)(CCl)NCCSc1ccccc1. The van der Waals surface area contributed by atoms with E-state index < -0.39 is 0 Å². The van der Waals surface area contributed by atoms with Gasteiger partial charge in [0.2, 0.25) is 0 Å². The Morgan fingerprint density at radius 3 is 2.56 bits per heavy atom. The molecule has 0 aliphatic rings. The maximum absolute atomic E-state index is 5.94. The van der Waals surface area contributed by atoms with Gasteiger partial charge in [-0.15, -0.1) is 23.4 Å². The first-order valence-electron chi connectivity index (χ1n) is 5.69. The van der Waals surface area contributed by atoms with Crippen LogP contribution in [0.25, 0.3) is 0 Å². The Balaban J connectivity index is 2.22. The molecule has 0 amide bonds. The van der Waals surface area contributed by atoms with Crippen LogP contribution in [0.1, 0.15) is 20.3 Å². The molecule has 90 valence electrons. The molecular formula is C13H20ClNS. The molecule has 0 radical (unpaired) electrons. The van der Waals surface area contributed by atoms with Gasteiger partial charge < -0.3 is 5.32 Å². The summed E-state index contributed by atoms with van der Waals surface area (Å²) < 4.78 is 0. The van der Waals surface area contributed by atoms with Crippen molar-refractivity contribution in [2.45, 2.75) is 30.7 Å². The molecule has 16 heavy (non-hydrogen) atoms. The van der Waals surface area contributed by atoms with Crippen LogP contribution in [-0.2, 0) is 0 Å². The first-order valence-corrected chi connectivity index (χ1v) is 7.21. The number of alkyl halides is 1. The van der Waals surface area contributed by atoms with E-state index in [2.05, 4.69) is 43.4 Å². The predicted molar refractivity (Wildman–Crippen MR) is 74.6 cm³/mol. The summed E-state index contributed by atoms with van der Waals surface area (Å²) in [4.78, 5) is 1.33. The van der Waals surface area contributed by atoms with Gasteiger partial charge in [0, 0.05) is 28.6 Å². The van der Waals surface area contributed by atoms with Crippen LogP contribution < -0.4 is 5.32 Å². The van der Waals surface area contributed by atoms with E-state index in [-0.39, 0.29) is 5.54 Å². The van der Waals surface area contributed by atoms with Crippen LogP contribution in [0.4, 0.5) is 0 Å². The molecule has 1 N–H and O–H groups in total.